The molecule has 0 unspecified atom stereocenters. The number of likely N-dealkylation sites (tertiary alicyclic amines) is 1. The molecule has 18 heavy (non-hydrogen) atoms. The van der Waals surface area contributed by atoms with E-state index < -0.39 is 10.0 Å². The van der Waals surface area contributed by atoms with Crippen molar-refractivity contribution in [2.24, 2.45) is 0 Å². The van der Waals surface area contributed by atoms with Gasteiger partial charge in [-0.3, -0.25) is 4.79 Å². The molecule has 0 radical (unpaired) electrons. The van der Waals surface area contributed by atoms with E-state index in [1.54, 1.807) is 17.0 Å². The molecule has 1 aliphatic rings. The fraction of sp³-hybridized carbons (Fsp3) is 0.500. The predicted molar refractivity (Wildman–Crippen MR) is 68.7 cm³/mol. The minimum Gasteiger partial charge on any atom is -0.444 e. The average Bonchev–Trinajstić information content (AvgIpc) is 2.84. The highest BCUT2D eigenvalue weighted by Gasteiger charge is 2.29. The van der Waals surface area contributed by atoms with Gasteiger partial charge >= 0.3 is 0 Å². The summed E-state index contributed by atoms with van der Waals surface area (Å²) in [6, 6.07) is 3.02. The third-order valence-corrected chi connectivity index (χ3v) is 3.83. The van der Waals surface area contributed by atoms with E-state index in [4.69, 9.17) is 4.42 Å². The zero-order valence-corrected chi connectivity index (χ0v) is 12.1. The molecule has 6 nitrogen and oxygen atoms in total. The summed E-state index contributed by atoms with van der Waals surface area (Å²) in [6.07, 6.45) is 1.72. The molecule has 1 atom stereocenters. The predicted octanol–water partition coefficient (Wildman–Crippen LogP) is 0.806. The number of rotatable bonds is 3. The van der Waals surface area contributed by atoms with Crippen molar-refractivity contribution in [2.45, 2.75) is 12.5 Å². The molecule has 100 valence electrons. The van der Waals surface area contributed by atoms with Crippen molar-refractivity contribution in [3.63, 3.8) is 0 Å². The van der Waals surface area contributed by atoms with Gasteiger partial charge in [0.15, 0.2) is 10.4 Å². The van der Waals surface area contributed by atoms with Crippen molar-refractivity contribution < 1.29 is 17.6 Å². The first kappa shape index (κ1) is 13.6. The zero-order chi connectivity index (χ0) is 13.3. The molecule has 1 aromatic heterocycles. The Morgan fingerprint density at radius 3 is 2.83 bits per heavy atom. The second-order valence-corrected chi connectivity index (χ2v) is 6.79. The molecule has 0 bridgehead atoms. The topological polar surface area (TPSA) is 79.6 Å². The summed E-state index contributed by atoms with van der Waals surface area (Å²) in [5.41, 5.74) is 0. The first-order chi connectivity index (χ1) is 8.35. The molecule has 1 aromatic rings. The van der Waals surface area contributed by atoms with Crippen LogP contribution in [0.4, 0.5) is 0 Å². The number of sulfonamides is 1. The Labute approximate surface area is 114 Å². The molecule has 8 heteroatoms. The third kappa shape index (κ3) is 3.33. The highest BCUT2D eigenvalue weighted by molar-refractivity contribution is 9.10. The molecule has 1 saturated heterocycles. The lowest BCUT2D eigenvalue weighted by molar-refractivity contribution is 0.0757. The molecule has 2 rings (SSSR count). The molecule has 0 aliphatic carbocycles. The van der Waals surface area contributed by atoms with Crippen molar-refractivity contribution in [3.05, 3.63) is 22.6 Å². The van der Waals surface area contributed by atoms with Crippen molar-refractivity contribution in [1.29, 1.82) is 0 Å². The first-order valence-electron chi connectivity index (χ1n) is 5.37. The van der Waals surface area contributed by atoms with Gasteiger partial charge in [-0.25, -0.2) is 13.1 Å². The van der Waals surface area contributed by atoms with Crippen LogP contribution in [0.25, 0.3) is 0 Å². The Hall–Kier alpha value is -0.860. The van der Waals surface area contributed by atoms with Crippen molar-refractivity contribution in [1.82, 2.24) is 9.62 Å². The maximum atomic E-state index is 12.0. The highest BCUT2D eigenvalue weighted by atomic mass is 79.9. The quantitative estimate of drug-likeness (QED) is 0.885. The van der Waals surface area contributed by atoms with Crippen molar-refractivity contribution in [3.8, 4) is 0 Å². The van der Waals surface area contributed by atoms with Gasteiger partial charge < -0.3 is 9.32 Å². The smallest absolute Gasteiger partial charge is 0.289 e. The number of furan rings is 1. The Morgan fingerprint density at radius 2 is 2.28 bits per heavy atom. The summed E-state index contributed by atoms with van der Waals surface area (Å²) in [6.45, 7) is 0.883. The molecule has 2 heterocycles. The van der Waals surface area contributed by atoms with E-state index in [-0.39, 0.29) is 17.7 Å². The number of hydrogen-bond acceptors (Lipinski definition) is 4. The number of carbonyl (C=O) groups excluding carboxylic acids is 1. The van der Waals surface area contributed by atoms with Crippen LogP contribution in [-0.4, -0.2) is 44.6 Å². The monoisotopic (exact) mass is 336 g/mol. The Morgan fingerprint density at radius 1 is 1.56 bits per heavy atom. The molecule has 0 spiro atoms. The molecule has 1 amide bonds. The van der Waals surface area contributed by atoms with Gasteiger partial charge in [0.1, 0.15) is 0 Å². The summed E-state index contributed by atoms with van der Waals surface area (Å²) in [7, 11) is -3.24. The summed E-state index contributed by atoms with van der Waals surface area (Å²) in [5.74, 6) is 0.0281. The largest absolute Gasteiger partial charge is 0.444 e. The zero-order valence-electron chi connectivity index (χ0n) is 9.72. The van der Waals surface area contributed by atoms with Crippen LogP contribution in [0.5, 0.6) is 0 Å². The number of nitrogens with one attached hydrogen (secondary N) is 1. The number of halogens is 1. The minimum absolute atomic E-state index is 0.220. The maximum Gasteiger partial charge on any atom is 0.289 e. The van der Waals surface area contributed by atoms with E-state index in [1.165, 1.54) is 0 Å². The minimum atomic E-state index is -3.24. The van der Waals surface area contributed by atoms with E-state index in [2.05, 4.69) is 20.7 Å². The second kappa shape index (κ2) is 5.02. The van der Waals surface area contributed by atoms with Gasteiger partial charge in [-0.1, -0.05) is 0 Å². The molecular formula is C10H13BrN2O4S. The molecule has 1 fully saturated rings. The van der Waals surface area contributed by atoms with Crippen LogP contribution in [0.15, 0.2) is 21.2 Å². The maximum absolute atomic E-state index is 12.0. The second-order valence-electron chi connectivity index (χ2n) is 4.23. The summed E-state index contributed by atoms with van der Waals surface area (Å²) < 4.78 is 30.4. The van der Waals surface area contributed by atoms with Gasteiger partial charge in [-0.2, -0.15) is 0 Å². The Kier molecular flexibility index (Phi) is 3.79. The van der Waals surface area contributed by atoms with Crippen LogP contribution in [0.2, 0.25) is 0 Å². The number of amides is 1. The summed E-state index contributed by atoms with van der Waals surface area (Å²) in [5, 5.41) is 0. The lowest BCUT2D eigenvalue weighted by Gasteiger charge is -2.15. The van der Waals surface area contributed by atoms with Crippen LogP contribution in [0.1, 0.15) is 17.0 Å². The third-order valence-electron chi connectivity index (χ3n) is 2.64. The lowest BCUT2D eigenvalue weighted by atomic mass is 10.3. The average molecular weight is 337 g/mol. The fourth-order valence-corrected chi connectivity index (χ4v) is 3.03. The molecule has 1 aliphatic heterocycles. The fourth-order valence-electron chi connectivity index (χ4n) is 1.93. The number of hydrogen-bond donors (Lipinski definition) is 1. The van der Waals surface area contributed by atoms with Gasteiger partial charge in [-0.05, 0) is 34.5 Å². The van der Waals surface area contributed by atoms with Crippen LogP contribution in [-0.2, 0) is 10.0 Å². The summed E-state index contributed by atoms with van der Waals surface area (Å²) >= 11 is 3.13. The normalized spacial score (nSPS) is 20.3. The molecule has 1 N–H and O–H groups in total. The van der Waals surface area contributed by atoms with E-state index in [0.717, 1.165) is 6.26 Å². The van der Waals surface area contributed by atoms with E-state index in [9.17, 15) is 13.2 Å². The van der Waals surface area contributed by atoms with Crippen molar-refractivity contribution >= 4 is 31.9 Å². The molecule has 0 saturated carbocycles. The first-order valence-corrected chi connectivity index (χ1v) is 8.05. The van der Waals surface area contributed by atoms with Crippen LogP contribution >= 0.6 is 15.9 Å². The molecule has 0 aromatic carbocycles. The van der Waals surface area contributed by atoms with E-state index in [1.807, 2.05) is 0 Å². The van der Waals surface area contributed by atoms with E-state index in [0.29, 0.717) is 24.2 Å². The number of nitrogens with zero attached hydrogens (tertiary/aromatic N) is 1. The molecular weight excluding hydrogens is 324 g/mol. The van der Waals surface area contributed by atoms with E-state index >= 15 is 0 Å². The van der Waals surface area contributed by atoms with Crippen molar-refractivity contribution in [2.75, 3.05) is 19.3 Å². The van der Waals surface area contributed by atoms with Gasteiger partial charge in [0.05, 0.1) is 6.26 Å². The number of carbonyl (C=O) groups is 1. The van der Waals surface area contributed by atoms with Gasteiger partial charge in [0.25, 0.3) is 5.91 Å². The van der Waals surface area contributed by atoms with Gasteiger partial charge in [-0.15, -0.1) is 0 Å². The SMILES string of the molecule is CS(=O)(=O)N[C@H]1CCN(C(=O)c2ccc(Br)o2)C1. The van der Waals surface area contributed by atoms with Gasteiger partial charge in [0.2, 0.25) is 10.0 Å². The Balaban J connectivity index is 1.99. The summed E-state index contributed by atoms with van der Waals surface area (Å²) in [4.78, 5) is 13.6. The standard InChI is InChI=1S/C10H13BrN2O4S/c1-18(15,16)12-7-4-5-13(6-7)10(14)8-2-3-9(11)17-8/h2-3,7,12H,4-6H2,1H3/t7-/m0/s1. The van der Waals surface area contributed by atoms with Crippen LogP contribution < -0.4 is 4.72 Å². The Bertz CT molecular complexity index is 554. The highest BCUT2D eigenvalue weighted by Crippen LogP contribution is 2.18. The van der Waals surface area contributed by atoms with Crippen LogP contribution in [0, 0.1) is 0 Å². The van der Waals surface area contributed by atoms with Crippen LogP contribution in [0.3, 0.4) is 0 Å². The lowest BCUT2D eigenvalue weighted by Crippen LogP contribution is -2.37. The van der Waals surface area contributed by atoms with Gasteiger partial charge in [0, 0.05) is 19.1 Å².